The van der Waals surface area contributed by atoms with Crippen LogP contribution in [0.3, 0.4) is 0 Å². The van der Waals surface area contributed by atoms with Crippen LogP contribution in [0.2, 0.25) is 0 Å². The summed E-state index contributed by atoms with van der Waals surface area (Å²) in [7, 11) is 3.10. The van der Waals surface area contributed by atoms with Crippen LogP contribution in [0, 0.1) is 0 Å². The second-order valence-electron chi connectivity index (χ2n) is 9.73. The number of benzene rings is 3. The molecule has 1 aliphatic rings. The largest absolute Gasteiger partial charge is 0.497 e. The van der Waals surface area contributed by atoms with Crippen molar-refractivity contribution in [1.82, 2.24) is 20.3 Å². The molecule has 0 unspecified atom stereocenters. The van der Waals surface area contributed by atoms with Crippen molar-refractivity contribution >= 4 is 28.5 Å². The minimum absolute atomic E-state index is 0.0773. The van der Waals surface area contributed by atoms with Gasteiger partial charge in [0.15, 0.2) is 0 Å². The van der Waals surface area contributed by atoms with Crippen LogP contribution in [0.25, 0.3) is 11.0 Å². The Morgan fingerprint density at radius 2 is 1.62 bits per heavy atom. The van der Waals surface area contributed by atoms with Gasteiger partial charge in [0.1, 0.15) is 29.6 Å². The zero-order chi connectivity index (χ0) is 27.2. The second-order valence-corrected chi connectivity index (χ2v) is 9.73. The maximum Gasteiger partial charge on any atom is 0.249 e. The Kier molecular flexibility index (Phi) is 8.05. The van der Waals surface area contributed by atoms with Gasteiger partial charge in [-0.15, -0.1) is 5.10 Å². The molecule has 5 rings (SSSR count). The van der Waals surface area contributed by atoms with Crippen LogP contribution in [-0.2, 0) is 16.1 Å². The lowest BCUT2D eigenvalue weighted by molar-refractivity contribution is -0.127. The summed E-state index contributed by atoms with van der Waals surface area (Å²) >= 11 is 0. The maximum atomic E-state index is 14.2. The number of fused-ring (bicyclic) bond motifs is 1. The van der Waals surface area contributed by atoms with Crippen molar-refractivity contribution in [1.29, 1.82) is 0 Å². The summed E-state index contributed by atoms with van der Waals surface area (Å²) in [6, 6.07) is 21.2. The maximum absolute atomic E-state index is 14.2. The first-order valence-corrected chi connectivity index (χ1v) is 13.3. The Balaban J connectivity index is 1.60. The number of carbonyl (C=O) groups excluding carboxylic acids is 2. The van der Waals surface area contributed by atoms with Crippen molar-refractivity contribution in [2.45, 2.75) is 50.7 Å². The van der Waals surface area contributed by atoms with E-state index in [-0.39, 0.29) is 24.4 Å². The van der Waals surface area contributed by atoms with Crippen molar-refractivity contribution in [2.75, 3.05) is 19.1 Å². The van der Waals surface area contributed by atoms with E-state index in [2.05, 4.69) is 15.6 Å². The molecule has 9 nitrogen and oxygen atoms in total. The number of aromatic nitrogens is 3. The van der Waals surface area contributed by atoms with Crippen molar-refractivity contribution in [3.8, 4) is 11.5 Å². The van der Waals surface area contributed by atoms with Gasteiger partial charge in [-0.3, -0.25) is 14.5 Å². The number of nitrogens with zero attached hydrogens (tertiary/aromatic N) is 4. The van der Waals surface area contributed by atoms with E-state index in [1.807, 2.05) is 54.6 Å². The topological polar surface area (TPSA) is 98.6 Å². The quantitative estimate of drug-likeness (QED) is 0.340. The van der Waals surface area contributed by atoms with Gasteiger partial charge in [-0.2, -0.15) is 0 Å². The number of hydrogen-bond acceptors (Lipinski definition) is 6. The SMILES string of the molecule is COc1cc(OC)cc(N(C(=O)Cn2nnc3ccccc32)[C@@H](C(=O)NC2CCCCC2)c2ccccc2)c1. The minimum atomic E-state index is -0.924. The van der Waals surface area contributed by atoms with E-state index in [0.717, 1.165) is 31.2 Å². The monoisotopic (exact) mass is 527 g/mol. The van der Waals surface area contributed by atoms with E-state index >= 15 is 0 Å². The minimum Gasteiger partial charge on any atom is -0.497 e. The van der Waals surface area contributed by atoms with Gasteiger partial charge in [0, 0.05) is 24.2 Å². The molecule has 1 aromatic heterocycles. The number of para-hydroxylation sites is 1. The number of nitrogens with one attached hydrogen (secondary N) is 1. The lowest BCUT2D eigenvalue weighted by Gasteiger charge is -2.33. The second kappa shape index (κ2) is 12.0. The lowest BCUT2D eigenvalue weighted by atomic mass is 9.94. The average Bonchev–Trinajstić information content (AvgIpc) is 3.38. The van der Waals surface area contributed by atoms with Gasteiger partial charge in [0.25, 0.3) is 0 Å². The van der Waals surface area contributed by atoms with Gasteiger partial charge < -0.3 is 14.8 Å². The molecule has 2 amide bonds. The molecule has 1 fully saturated rings. The Morgan fingerprint density at radius 1 is 0.949 bits per heavy atom. The first-order valence-electron chi connectivity index (χ1n) is 13.3. The van der Waals surface area contributed by atoms with Gasteiger partial charge in [-0.25, -0.2) is 4.68 Å². The first kappa shape index (κ1) is 26.2. The highest BCUT2D eigenvalue weighted by Crippen LogP contribution is 2.35. The Labute approximate surface area is 227 Å². The first-order chi connectivity index (χ1) is 19.1. The Hall–Kier alpha value is -4.40. The van der Waals surface area contributed by atoms with Gasteiger partial charge >= 0.3 is 0 Å². The van der Waals surface area contributed by atoms with E-state index in [9.17, 15) is 9.59 Å². The predicted molar refractivity (Wildman–Crippen MR) is 149 cm³/mol. The molecule has 202 valence electrons. The fraction of sp³-hybridized carbons (Fsp3) is 0.333. The van der Waals surface area contributed by atoms with E-state index in [4.69, 9.17) is 9.47 Å². The molecule has 0 spiro atoms. The van der Waals surface area contributed by atoms with Crippen LogP contribution in [-0.4, -0.2) is 47.1 Å². The average molecular weight is 528 g/mol. The van der Waals surface area contributed by atoms with E-state index in [1.54, 1.807) is 37.1 Å². The molecule has 1 atom stereocenters. The normalized spacial score (nSPS) is 14.5. The number of ether oxygens (including phenoxy) is 2. The molecule has 3 aromatic carbocycles. The van der Waals surface area contributed by atoms with E-state index in [1.165, 1.54) is 11.3 Å². The van der Waals surface area contributed by atoms with Crippen LogP contribution in [0.15, 0.2) is 72.8 Å². The van der Waals surface area contributed by atoms with E-state index in [0.29, 0.717) is 28.3 Å². The summed E-state index contributed by atoms with van der Waals surface area (Å²) in [5.41, 5.74) is 2.60. The van der Waals surface area contributed by atoms with Crippen molar-refractivity contribution in [2.24, 2.45) is 0 Å². The summed E-state index contributed by atoms with van der Waals surface area (Å²) in [5.74, 6) is 0.459. The number of hydrogen-bond donors (Lipinski definition) is 1. The van der Waals surface area contributed by atoms with Crippen molar-refractivity contribution in [3.05, 3.63) is 78.4 Å². The Bertz CT molecular complexity index is 1410. The molecule has 0 bridgehead atoms. The standard InChI is InChI=1S/C30H33N5O4/c1-38-24-17-23(18-25(19-24)39-2)35(28(36)20-34-27-16-10-9-15-26(27)32-33-34)29(21-11-5-3-6-12-21)30(37)31-22-13-7-4-8-14-22/h3,5-6,9-12,15-19,22,29H,4,7-8,13-14,20H2,1-2H3,(H,31,37)/t29-/m1/s1. The third-order valence-electron chi connectivity index (χ3n) is 7.16. The third kappa shape index (κ3) is 5.87. The van der Waals surface area contributed by atoms with Crippen LogP contribution < -0.4 is 19.7 Å². The Morgan fingerprint density at radius 3 is 2.31 bits per heavy atom. The van der Waals surface area contributed by atoms with Crippen molar-refractivity contribution in [3.63, 3.8) is 0 Å². The van der Waals surface area contributed by atoms with Crippen molar-refractivity contribution < 1.29 is 19.1 Å². The highest BCUT2D eigenvalue weighted by molar-refractivity contribution is 6.02. The predicted octanol–water partition coefficient (Wildman–Crippen LogP) is 4.67. The molecular formula is C30H33N5O4. The molecule has 9 heteroatoms. The molecule has 0 aliphatic heterocycles. The molecule has 39 heavy (non-hydrogen) atoms. The van der Waals surface area contributed by atoms with Crippen LogP contribution in [0.4, 0.5) is 5.69 Å². The fourth-order valence-corrected chi connectivity index (χ4v) is 5.19. The summed E-state index contributed by atoms with van der Waals surface area (Å²) in [4.78, 5) is 29.8. The van der Waals surface area contributed by atoms with Gasteiger partial charge in [-0.05, 0) is 30.5 Å². The zero-order valence-corrected chi connectivity index (χ0v) is 22.2. The van der Waals surface area contributed by atoms with Gasteiger partial charge in [0.05, 0.1) is 25.4 Å². The highest BCUT2D eigenvalue weighted by Gasteiger charge is 2.35. The van der Waals surface area contributed by atoms with Crippen LogP contribution >= 0.6 is 0 Å². The van der Waals surface area contributed by atoms with Crippen LogP contribution in [0.5, 0.6) is 11.5 Å². The number of amides is 2. The highest BCUT2D eigenvalue weighted by atomic mass is 16.5. The van der Waals surface area contributed by atoms with Gasteiger partial charge in [-0.1, -0.05) is 66.9 Å². The summed E-state index contributed by atoms with van der Waals surface area (Å²) in [5, 5.41) is 11.7. The smallest absolute Gasteiger partial charge is 0.249 e. The molecular weight excluding hydrogens is 494 g/mol. The molecule has 1 aliphatic carbocycles. The zero-order valence-electron chi connectivity index (χ0n) is 22.2. The third-order valence-corrected chi connectivity index (χ3v) is 7.16. The fourth-order valence-electron chi connectivity index (χ4n) is 5.19. The summed E-state index contributed by atoms with van der Waals surface area (Å²) in [6.45, 7) is -0.111. The number of rotatable bonds is 9. The number of anilines is 1. The lowest BCUT2D eigenvalue weighted by Crippen LogP contribution is -2.48. The summed E-state index contributed by atoms with van der Waals surface area (Å²) < 4.78 is 12.6. The van der Waals surface area contributed by atoms with E-state index < -0.39 is 6.04 Å². The molecule has 1 heterocycles. The number of methoxy groups -OCH3 is 2. The molecule has 0 radical (unpaired) electrons. The summed E-state index contributed by atoms with van der Waals surface area (Å²) in [6.07, 6.45) is 5.19. The molecule has 0 saturated heterocycles. The van der Waals surface area contributed by atoms with Gasteiger partial charge in [0.2, 0.25) is 11.8 Å². The number of carbonyl (C=O) groups is 2. The van der Waals surface area contributed by atoms with Crippen LogP contribution in [0.1, 0.15) is 43.7 Å². The molecule has 1 N–H and O–H groups in total. The molecule has 4 aromatic rings. The molecule has 1 saturated carbocycles.